The van der Waals surface area contributed by atoms with E-state index in [0.29, 0.717) is 24.1 Å². The summed E-state index contributed by atoms with van der Waals surface area (Å²) >= 11 is 5.69. The molecule has 2 rings (SSSR count). The molecule has 2 aromatic rings. The van der Waals surface area contributed by atoms with Gasteiger partial charge in [0.1, 0.15) is 11.6 Å². The van der Waals surface area contributed by atoms with Crippen molar-refractivity contribution >= 4 is 17.5 Å². The number of anilines is 1. The minimum Gasteiger partial charge on any atom is -0.439 e. The van der Waals surface area contributed by atoms with Crippen molar-refractivity contribution in [2.45, 2.75) is 13.8 Å². The summed E-state index contributed by atoms with van der Waals surface area (Å²) in [6.07, 6.45) is 0. The number of nitrogens with zero attached hydrogens (tertiary/aromatic N) is 2. The smallest absolute Gasteiger partial charge is 0.226 e. The molecule has 0 fully saturated rings. The van der Waals surface area contributed by atoms with E-state index < -0.39 is 5.82 Å². The number of ether oxygens (including phenoxy) is 1. The zero-order chi connectivity index (χ0) is 13.8. The van der Waals surface area contributed by atoms with Gasteiger partial charge in [0.05, 0.1) is 5.02 Å². The first-order valence-electron chi connectivity index (χ1n) is 5.81. The molecule has 1 N–H and O–H groups in total. The van der Waals surface area contributed by atoms with Gasteiger partial charge in [-0.1, -0.05) is 11.6 Å². The van der Waals surface area contributed by atoms with Crippen molar-refractivity contribution in [1.82, 2.24) is 9.97 Å². The van der Waals surface area contributed by atoms with E-state index in [-0.39, 0.29) is 5.02 Å². The van der Waals surface area contributed by atoms with Gasteiger partial charge >= 0.3 is 0 Å². The van der Waals surface area contributed by atoms with E-state index in [9.17, 15) is 4.39 Å². The largest absolute Gasteiger partial charge is 0.439 e. The van der Waals surface area contributed by atoms with Gasteiger partial charge in [-0.2, -0.15) is 4.98 Å². The van der Waals surface area contributed by atoms with E-state index in [1.165, 1.54) is 18.2 Å². The Balaban J connectivity index is 2.24. The molecule has 1 aromatic heterocycles. The monoisotopic (exact) mass is 281 g/mol. The third-order valence-corrected chi connectivity index (χ3v) is 2.57. The fourth-order valence-electron chi connectivity index (χ4n) is 1.49. The summed E-state index contributed by atoms with van der Waals surface area (Å²) in [7, 11) is 0. The van der Waals surface area contributed by atoms with Crippen molar-refractivity contribution in [3.63, 3.8) is 0 Å². The zero-order valence-electron chi connectivity index (χ0n) is 10.6. The number of rotatable bonds is 4. The first kappa shape index (κ1) is 13.5. The van der Waals surface area contributed by atoms with Crippen LogP contribution in [0, 0.1) is 12.7 Å². The van der Waals surface area contributed by atoms with Gasteiger partial charge in [0.15, 0.2) is 0 Å². The van der Waals surface area contributed by atoms with Crippen LogP contribution >= 0.6 is 11.6 Å². The van der Waals surface area contributed by atoms with E-state index in [4.69, 9.17) is 16.3 Å². The van der Waals surface area contributed by atoms with Crippen LogP contribution in [0.2, 0.25) is 5.02 Å². The SMILES string of the molecule is CCNc1nc(C)cc(Oc2ccc(F)c(Cl)c2)n1. The lowest BCUT2D eigenvalue weighted by Crippen LogP contribution is -2.04. The topological polar surface area (TPSA) is 47.0 Å². The lowest BCUT2D eigenvalue weighted by atomic mass is 10.3. The molecular weight excluding hydrogens is 269 g/mol. The van der Waals surface area contributed by atoms with Crippen LogP contribution in [0.3, 0.4) is 0 Å². The number of halogens is 2. The predicted molar refractivity (Wildman–Crippen MR) is 72.4 cm³/mol. The third-order valence-electron chi connectivity index (χ3n) is 2.28. The molecule has 0 aliphatic heterocycles. The van der Waals surface area contributed by atoms with Crippen molar-refractivity contribution < 1.29 is 9.13 Å². The van der Waals surface area contributed by atoms with Crippen LogP contribution < -0.4 is 10.1 Å². The zero-order valence-corrected chi connectivity index (χ0v) is 11.3. The summed E-state index contributed by atoms with van der Waals surface area (Å²) in [5.74, 6) is 0.810. The summed E-state index contributed by atoms with van der Waals surface area (Å²) in [6.45, 7) is 4.50. The maximum Gasteiger partial charge on any atom is 0.226 e. The standard InChI is InChI=1S/C13H13ClFN3O/c1-3-16-13-17-8(2)6-12(18-13)19-9-4-5-11(15)10(14)7-9/h4-7H,3H2,1-2H3,(H,16,17,18). The lowest BCUT2D eigenvalue weighted by molar-refractivity contribution is 0.460. The van der Waals surface area contributed by atoms with E-state index in [0.717, 1.165) is 5.69 Å². The van der Waals surface area contributed by atoms with Gasteiger partial charge in [-0.25, -0.2) is 9.37 Å². The van der Waals surface area contributed by atoms with E-state index in [1.54, 1.807) is 6.07 Å². The molecule has 0 radical (unpaired) electrons. The van der Waals surface area contributed by atoms with Crippen LogP contribution in [0.25, 0.3) is 0 Å². The van der Waals surface area contributed by atoms with Crippen molar-refractivity contribution in [2.24, 2.45) is 0 Å². The van der Waals surface area contributed by atoms with Gasteiger partial charge in [-0.15, -0.1) is 0 Å². The molecule has 4 nitrogen and oxygen atoms in total. The predicted octanol–water partition coefficient (Wildman–Crippen LogP) is 3.80. The molecule has 0 bridgehead atoms. The van der Waals surface area contributed by atoms with Crippen LogP contribution in [0.15, 0.2) is 24.3 Å². The maximum absolute atomic E-state index is 13.0. The highest BCUT2D eigenvalue weighted by Crippen LogP contribution is 2.25. The summed E-state index contributed by atoms with van der Waals surface area (Å²) in [4.78, 5) is 8.40. The van der Waals surface area contributed by atoms with Crippen molar-refractivity contribution in [2.75, 3.05) is 11.9 Å². The van der Waals surface area contributed by atoms with Crippen molar-refractivity contribution in [1.29, 1.82) is 0 Å². The summed E-state index contributed by atoms with van der Waals surface area (Å²) in [5, 5.41) is 3.02. The minimum atomic E-state index is -0.485. The van der Waals surface area contributed by atoms with Gasteiger partial charge in [0, 0.05) is 24.4 Å². The van der Waals surface area contributed by atoms with Gasteiger partial charge in [0.25, 0.3) is 0 Å². The molecule has 100 valence electrons. The quantitative estimate of drug-likeness (QED) is 0.926. The second kappa shape index (κ2) is 5.84. The molecule has 0 amide bonds. The van der Waals surface area contributed by atoms with Gasteiger partial charge < -0.3 is 10.1 Å². The van der Waals surface area contributed by atoms with Gasteiger partial charge in [-0.3, -0.25) is 0 Å². The number of nitrogens with one attached hydrogen (secondary N) is 1. The van der Waals surface area contributed by atoms with Crippen LogP contribution in [-0.4, -0.2) is 16.5 Å². The highest BCUT2D eigenvalue weighted by molar-refractivity contribution is 6.30. The second-order valence-electron chi connectivity index (χ2n) is 3.88. The van der Waals surface area contributed by atoms with Crippen LogP contribution in [-0.2, 0) is 0 Å². The Morgan fingerprint density at radius 3 is 2.79 bits per heavy atom. The Bertz CT molecular complexity index is 592. The highest BCUT2D eigenvalue weighted by Gasteiger charge is 2.06. The number of benzene rings is 1. The number of hydrogen-bond donors (Lipinski definition) is 1. The Morgan fingerprint density at radius 2 is 2.11 bits per heavy atom. The Kier molecular flexibility index (Phi) is 4.16. The normalized spacial score (nSPS) is 10.3. The van der Waals surface area contributed by atoms with Crippen LogP contribution in [0.1, 0.15) is 12.6 Å². The van der Waals surface area contributed by atoms with E-state index >= 15 is 0 Å². The molecule has 0 aliphatic rings. The van der Waals surface area contributed by atoms with Crippen molar-refractivity contribution in [3.05, 3.63) is 40.8 Å². The van der Waals surface area contributed by atoms with Crippen LogP contribution in [0.5, 0.6) is 11.6 Å². The molecule has 19 heavy (non-hydrogen) atoms. The van der Waals surface area contributed by atoms with E-state index in [1.807, 2.05) is 13.8 Å². The highest BCUT2D eigenvalue weighted by atomic mass is 35.5. The number of aryl methyl sites for hydroxylation is 1. The molecule has 6 heteroatoms. The first-order chi connectivity index (χ1) is 9.08. The minimum absolute atomic E-state index is 0.00943. The molecule has 0 saturated carbocycles. The molecule has 0 atom stereocenters. The van der Waals surface area contributed by atoms with Crippen LogP contribution in [0.4, 0.5) is 10.3 Å². The van der Waals surface area contributed by atoms with Gasteiger partial charge in [-0.05, 0) is 26.0 Å². The molecule has 1 aromatic carbocycles. The molecule has 1 heterocycles. The molecule has 0 aliphatic carbocycles. The van der Waals surface area contributed by atoms with Gasteiger partial charge in [0.2, 0.25) is 11.8 Å². The van der Waals surface area contributed by atoms with Crippen molar-refractivity contribution in [3.8, 4) is 11.6 Å². The lowest BCUT2D eigenvalue weighted by Gasteiger charge is -2.08. The Hall–Kier alpha value is -1.88. The number of hydrogen-bond acceptors (Lipinski definition) is 4. The molecule has 0 spiro atoms. The Labute approximate surface area is 115 Å². The van der Waals surface area contributed by atoms with E-state index in [2.05, 4.69) is 15.3 Å². The molecular formula is C13H13ClFN3O. The molecule has 0 saturated heterocycles. The maximum atomic E-state index is 13.0. The fourth-order valence-corrected chi connectivity index (χ4v) is 1.66. The average Bonchev–Trinajstić information content (AvgIpc) is 2.33. The Morgan fingerprint density at radius 1 is 1.32 bits per heavy atom. The fraction of sp³-hybridized carbons (Fsp3) is 0.231. The summed E-state index contributed by atoms with van der Waals surface area (Å²) < 4.78 is 18.6. The molecule has 0 unspecified atom stereocenters. The first-order valence-corrected chi connectivity index (χ1v) is 6.18. The number of aromatic nitrogens is 2. The average molecular weight is 282 g/mol. The second-order valence-corrected chi connectivity index (χ2v) is 4.29. The summed E-state index contributed by atoms with van der Waals surface area (Å²) in [6, 6.07) is 5.84. The third kappa shape index (κ3) is 3.54. The summed E-state index contributed by atoms with van der Waals surface area (Å²) in [5.41, 5.74) is 0.772.